The molecular weight excluding hydrogens is 312 g/mol. The molecule has 1 atom stereocenters. The molecule has 0 saturated carbocycles. The standard InChI is InChI=1S/C14H10BrClN2/c15-11-3-1-2-10(8-11)14(9-17)18-13-6-4-12(16)5-7-13/h1-8,14,18H. The maximum atomic E-state index is 9.23. The van der Waals surface area contributed by atoms with Gasteiger partial charge in [-0.3, -0.25) is 0 Å². The highest BCUT2D eigenvalue weighted by molar-refractivity contribution is 9.10. The van der Waals surface area contributed by atoms with Gasteiger partial charge in [0.15, 0.2) is 0 Å². The Balaban J connectivity index is 2.20. The molecule has 2 aromatic rings. The molecule has 0 aliphatic heterocycles. The van der Waals surface area contributed by atoms with Crippen LogP contribution in [0.15, 0.2) is 53.0 Å². The van der Waals surface area contributed by atoms with E-state index in [-0.39, 0.29) is 6.04 Å². The van der Waals surface area contributed by atoms with E-state index in [0.29, 0.717) is 5.02 Å². The molecule has 2 aromatic carbocycles. The second-order valence-electron chi connectivity index (χ2n) is 3.77. The molecule has 2 rings (SSSR count). The predicted molar refractivity (Wildman–Crippen MR) is 77.6 cm³/mol. The maximum Gasteiger partial charge on any atom is 0.140 e. The first-order valence-corrected chi connectivity index (χ1v) is 6.53. The maximum absolute atomic E-state index is 9.23. The lowest BCUT2D eigenvalue weighted by molar-refractivity contribution is 0.996. The Bertz CT molecular complexity index is 575. The summed E-state index contributed by atoms with van der Waals surface area (Å²) in [7, 11) is 0. The Labute approximate surface area is 119 Å². The Kier molecular flexibility index (Phi) is 4.24. The molecule has 0 aliphatic rings. The van der Waals surface area contributed by atoms with E-state index in [9.17, 15) is 5.26 Å². The highest BCUT2D eigenvalue weighted by atomic mass is 79.9. The Morgan fingerprint density at radius 3 is 2.50 bits per heavy atom. The van der Waals surface area contributed by atoms with E-state index in [2.05, 4.69) is 27.3 Å². The van der Waals surface area contributed by atoms with Crippen LogP contribution >= 0.6 is 27.5 Å². The third-order valence-corrected chi connectivity index (χ3v) is 3.21. The van der Waals surface area contributed by atoms with Gasteiger partial charge in [-0.05, 0) is 42.0 Å². The van der Waals surface area contributed by atoms with E-state index in [1.54, 1.807) is 12.1 Å². The number of nitriles is 1. The zero-order valence-corrected chi connectivity index (χ0v) is 11.7. The van der Waals surface area contributed by atoms with E-state index in [1.165, 1.54) is 0 Å². The molecule has 0 saturated heterocycles. The molecule has 0 fully saturated rings. The van der Waals surface area contributed by atoms with Crippen molar-refractivity contribution in [2.24, 2.45) is 0 Å². The average Bonchev–Trinajstić information content (AvgIpc) is 2.38. The first-order valence-electron chi connectivity index (χ1n) is 5.36. The van der Waals surface area contributed by atoms with E-state index < -0.39 is 0 Å². The van der Waals surface area contributed by atoms with Gasteiger partial charge in [0.25, 0.3) is 0 Å². The van der Waals surface area contributed by atoms with Gasteiger partial charge < -0.3 is 5.32 Å². The van der Waals surface area contributed by atoms with Gasteiger partial charge in [-0.25, -0.2) is 0 Å². The lowest BCUT2D eigenvalue weighted by Crippen LogP contribution is -2.08. The molecule has 1 unspecified atom stereocenters. The van der Waals surface area contributed by atoms with Gasteiger partial charge in [0, 0.05) is 15.2 Å². The number of hydrogen-bond donors (Lipinski definition) is 1. The zero-order chi connectivity index (χ0) is 13.0. The van der Waals surface area contributed by atoms with Gasteiger partial charge >= 0.3 is 0 Å². The van der Waals surface area contributed by atoms with Gasteiger partial charge in [0.05, 0.1) is 6.07 Å². The number of nitrogens with zero attached hydrogens (tertiary/aromatic N) is 1. The lowest BCUT2D eigenvalue weighted by Gasteiger charge is -2.13. The minimum atomic E-state index is -0.385. The molecule has 0 bridgehead atoms. The fraction of sp³-hybridized carbons (Fsp3) is 0.0714. The van der Waals surface area contributed by atoms with Gasteiger partial charge in [0.1, 0.15) is 6.04 Å². The van der Waals surface area contributed by atoms with Crippen LogP contribution in [0.25, 0.3) is 0 Å². The van der Waals surface area contributed by atoms with Gasteiger partial charge in [-0.2, -0.15) is 5.26 Å². The molecule has 90 valence electrons. The van der Waals surface area contributed by atoms with E-state index in [4.69, 9.17) is 11.6 Å². The van der Waals surface area contributed by atoms with Crippen molar-refractivity contribution in [3.63, 3.8) is 0 Å². The van der Waals surface area contributed by atoms with E-state index in [0.717, 1.165) is 15.7 Å². The molecule has 0 aromatic heterocycles. The summed E-state index contributed by atoms with van der Waals surface area (Å²) < 4.78 is 0.957. The van der Waals surface area contributed by atoms with Crippen molar-refractivity contribution in [1.29, 1.82) is 5.26 Å². The molecule has 0 radical (unpaired) electrons. The predicted octanol–water partition coefficient (Wildman–Crippen LogP) is 4.78. The first kappa shape index (κ1) is 12.9. The molecule has 4 heteroatoms. The third-order valence-electron chi connectivity index (χ3n) is 2.47. The Morgan fingerprint density at radius 2 is 1.89 bits per heavy atom. The summed E-state index contributed by atoms with van der Waals surface area (Å²) >= 11 is 9.22. The number of benzene rings is 2. The normalized spacial score (nSPS) is 11.6. The highest BCUT2D eigenvalue weighted by Crippen LogP contribution is 2.22. The molecule has 1 N–H and O–H groups in total. The van der Waals surface area contributed by atoms with Crippen LogP contribution in [0.4, 0.5) is 5.69 Å². The highest BCUT2D eigenvalue weighted by Gasteiger charge is 2.10. The second-order valence-corrected chi connectivity index (χ2v) is 5.12. The quantitative estimate of drug-likeness (QED) is 0.883. The number of hydrogen-bond acceptors (Lipinski definition) is 2. The van der Waals surface area contributed by atoms with Gasteiger partial charge in [-0.15, -0.1) is 0 Å². The summed E-state index contributed by atoms with van der Waals surface area (Å²) in [6.07, 6.45) is 0. The first-order chi connectivity index (χ1) is 8.69. The van der Waals surface area contributed by atoms with Crippen LogP contribution in [0.5, 0.6) is 0 Å². The minimum absolute atomic E-state index is 0.385. The zero-order valence-electron chi connectivity index (χ0n) is 9.40. The van der Waals surface area contributed by atoms with Crippen molar-refractivity contribution in [3.05, 3.63) is 63.6 Å². The molecule has 18 heavy (non-hydrogen) atoms. The lowest BCUT2D eigenvalue weighted by atomic mass is 10.1. The molecule has 2 nitrogen and oxygen atoms in total. The van der Waals surface area contributed by atoms with Crippen molar-refractivity contribution in [3.8, 4) is 6.07 Å². The molecular formula is C14H10BrClN2. The minimum Gasteiger partial charge on any atom is -0.366 e. The number of anilines is 1. The summed E-state index contributed by atoms with van der Waals surface area (Å²) in [6.45, 7) is 0. The van der Waals surface area contributed by atoms with Gasteiger partial charge in [-0.1, -0.05) is 39.7 Å². The monoisotopic (exact) mass is 320 g/mol. The topological polar surface area (TPSA) is 35.8 Å². The van der Waals surface area contributed by atoms with Crippen LogP contribution in [0.3, 0.4) is 0 Å². The van der Waals surface area contributed by atoms with Crippen LogP contribution in [-0.2, 0) is 0 Å². The second kappa shape index (κ2) is 5.90. The number of rotatable bonds is 3. The molecule has 0 amide bonds. The average molecular weight is 322 g/mol. The van der Waals surface area contributed by atoms with Crippen LogP contribution in [-0.4, -0.2) is 0 Å². The van der Waals surface area contributed by atoms with Crippen molar-refractivity contribution < 1.29 is 0 Å². The smallest absolute Gasteiger partial charge is 0.140 e. The van der Waals surface area contributed by atoms with Crippen LogP contribution in [0, 0.1) is 11.3 Å². The van der Waals surface area contributed by atoms with E-state index >= 15 is 0 Å². The van der Waals surface area contributed by atoms with Gasteiger partial charge in [0.2, 0.25) is 0 Å². The van der Waals surface area contributed by atoms with Crippen molar-refractivity contribution in [2.45, 2.75) is 6.04 Å². The number of halogens is 2. The van der Waals surface area contributed by atoms with Crippen molar-refractivity contribution in [2.75, 3.05) is 5.32 Å². The largest absolute Gasteiger partial charge is 0.366 e. The summed E-state index contributed by atoms with van der Waals surface area (Å²) in [5.41, 5.74) is 1.78. The van der Waals surface area contributed by atoms with Crippen LogP contribution < -0.4 is 5.32 Å². The Hall–Kier alpha value is -1.50. The van der Waals surface area contributed by atoms with Crippen LogP contribution in [0.1, 0.15) is 11.6 Å². The number of nitrogens with one attached hydrogen (secondary N) is 1. The Morgan fingerprint density at radius 1 is 1.17 bits per heavy atom. The fourth-order valence-corrected chi connectivity index (χ4v) is 2.13. The molecule has 0 spiro atoms. The van der Waals surface area contributed by atoms with Crippen molar-refractivity contribution in [1.82, 2.24) is 0 Å². The summed E-state index contributed by atoms with van der Waals surface area (Å²) in [6, 6.07) is 16.8. The molecule has 0 aliphatic carbocycles. The van der Waals surface area contributed by atoms with Crippen molar-refractivity contribution >= 4 is 33.2 Å². The van der Waals surface area contributed by atoms with Crippen LogP contribution in [0.2, 0.25) is 5.02 Å². The third kappa shape index (κ3) is 3.25. The summed E-state index contributed by atoms with van der Waals surface area (Å²) in [5, 5.41) is 13.1. The summed E-state index contributed by atoms with van der Waals surface area (Å²) in [4.78, 5) is 0. The molecule has 0 heterocycles. The SMILES string of the molecule is N#CC(Nc1ccc(Cl)cc1)c1cccc(Br)c1. The summed E-state index contributed by atoms with van der Waals surface area (Å²) in [5.74, 6) is 0. The fourth-order valence-electron chi connectivity index (χ4n) is 1.59. The van der Waals surface area contributed by atoms with E-state index in [1.807, 2.05) is 36.4 Å².